The summed E-state index contributed by atoms with van der Waals surface area (Å²) in [5.41, 5.74) is 0.640. The van der Waals surface area contributed by atoms with Crippen molar-refractivity contribution in [1.82, 2.24) is 15.0 Å². The zero-order chi connectivity index (χ0) is 45.1. The second-order valence-electron chi connectivity index (χ2n) is 10.4. The van der Waals surface area contributed by atoms with Crippen molar-refractivity contribution in [1.29, 1.82) is 0 Å². The molecule has 2 aromatic heterocycles. The van der Waals surface area contributed by atoms with Crippen molar-refractivity contribution >= 4 is 32.7 Å². The highest BCUT2D eigenvalue weighted by Crippen LogP contribution is 2.40. The fourth-order valence-corrected chi connectivity index (χ4v) is 5.40. The molecular formula is C43H27N3O. The topological polar surface area (TPSA) is 51.8 Å². The van der Waals surface area contributed by atoms with Gasteiger partial charge in [0.2, 0.25) is 0 Å². The number of rotatable bonds is 5. The number of para-hydroxylation sites is 1. The van der Waals surface area contributed by atoms with Crippen LogP contribution in [-0.2, 0) is 0 Å². The van der Waals surface area contributed by atoms with Gasteiger partial charge in [0.1, 0.15) is 11.2 Å². The molecule has 7 aromatic carbocycles. The van der Waals surface area contributed by atoms with Gasteiger partial charge < -0.3 is 4.42 Å². The Labute approximate surface area is 294 Å². The molecule has 220 valence electrons. The smallest absolute Gasteiger partial charge is 0.164 e. The molecule has 0 unspecified atom stereocenters. The Morgan fingerprint density at radius 1 is 0.447 bits per heavy atom. The number of aromatic nitrogens is 3. The van der Waals surface area contributed by atoms with E-state index in [1.807, 2.05) is 42.5 Å². The van der Waals surface area contributed by atoms with Crippen LogP contribution in [0.3, 0.4) is 0 Å². The third-order valence-corrected chi connectivity index (χ3v) is 7.53. The van der Waals surface area contributed by atoms with Gasteiger partial charge in [-0.1, -0.05) is 133 Å². The molecule has 0 aliphatic rings. The molecular weight excluding hydrogens is 574 g/mol. The van der Waals surface area contributed by atoms with Crippen molar-refractivity contribution in [3.8, 4) is 56.4 Å². The standard InChI is InChI=1S/C43H27N3O/c1-4-12-28(13-5-1)31-20-21-33-25-34(23-22-32(33)24-31)42-44-41(30-16-8-3-9-17-30)45-43(46-42)37-26-35(29-14-6-2-7-15-29)27-39-40(37)36-18-10-11-19-38(36)47-39/h1-27H/i1D,3D,4D,5D,8D,9D,12D,13D,16D,17D,20D,21D,22D,23D,24D,25D. The SMILES string of the molecule is [2H]c1c([2H])c([2H])c(-c2nc(-c3c([2H])c([2H])c4c([2H])c(-c5c([2H])c([2H])c([2H])c([2H])c5[2H])c([2H])c([2H])c4c3[2H])nc(-c3cc(-c4ccccc4)cc4oc5ccccc5c34)n2)c([2H])c1[2H]. The van der Waals surface area contributed by atoms with Crippen LogP contribution in [0.4, 0.5) is 0 Å². The van der Waals surface area contributed by atoms with Crippen LogP contribution < -0.4 is 0 Å². The lowest BCUT2D eigenvalue weighted by Crippen LogP contribution is -2.00. The van der Waals surface area contributed by atoms with E-state index in [-0.39, 0.29) is 5.82 Å². The Kier molecular flexibility index (Phi) is 3.64. The molecule has 0 fully saturated rings. The molecule has 0 atom stereocenters. The Balaban J connectivity index is 1.41. The molecule has 47 heavy (non-hydrogen) atoms. The Morgan fingerprint density at radius 2 is 1.06 bits per heavy atom. The second-order valence-corrected chi connectivity index (χ2v) is 10.4. The number of hydrogen-bond donors (Lipinski definition) is 0. The lowest BCUT2D eigenvalue weighted by molar-refractivity contribution is 0.669. The lowest BCUT2D eigenvalue weighted by atomic mass is 9.98. The summed E-state index contributed by atoms with van der Waals surface area (Å²) < 4.78 is 146. The van der Waals surface area contributed by atoms with Gasteiger partial charge in [-0.25, -0.2) is 15.0 Å². The zero-order valence-electron chi connectivity index (χ0n) is 40.1. The molecule has 0 spiro atoms. The first-order valence-corrected chi connectivity index (χ1v) is 14.4. The number of hydrogen-bond acceptors (Lipinski definition) is 4. The van der Waals surface area contributed by atoms with E-state index in [9.17, 15) is 4.11 Å². The van der Waals surface area contributed by atoms with Gasteiger partial charge in [0.25, 0.3) is 0 Å². The summed E-state index contributed by atoms with van der Waals surface area (Å²) in [5, 5.41) is 0.212. The third kappa shape index (κ3) is 4.93. The van der Waals surface area contributed by atoms with Crippen LogP contribution in [0.1, 0.15) is 21.9 Å². The van der Waals surface area contributed by atoms with Gasteiger partial charge in [-0.2, -0.15) is 0 Å². The second kappa shape index (κ2) is 11.2. The minimum atomic E-state index is -0.786. The molecule has 4 heteroatoms. The van der Waals surface area contributed by atoms with E-state index in [4.69, 9.17) is 32.2 Å². The van der Waals surface area contributed by atoms with Crippen LogP contribution in [0.25, 0.3) is 89.1 Å². The molecule has 9 rings (SSSR count). The normalized spacial score (nSPS) is 16.2. The Bertz CT molecular complexity index is 3430. The monoisotopic (exact) mass is 617 g/mol. The van der Waals surface area contributed by atoms with Crippen LogP contribution in [0.5, 0.6) is 0 Å². The molecule has 0 radical (unpaired) electrons. The van der Waals surface area contributed by atoms with Crippen LogP contribution in [0.2, 0.25) is 0 Å². The summed E-state index contributed by atoms with van der Waals surface area (Å²) in [4.78, 5) is 13.9. The van der Waals surface area contributed by atoms with Crippen molar-refractivity contribution in [2.75, 3.05) is 0 Å². The highest BCUT2D eigenvalue weighted by molar-refractivity contribution is 6.13. The maximum atomic E-state index is 9.47. The van der Waals surface area contributed by atoms with Crippen molar-refractivity contribution < 1.29 is 26.3 Å². The minimum Gasteiger partial charge on any atom is -0.456 e. The van der Waals surface area contributed by atoms with Crippen LogP contribution in [-0.4, -0.2) is 15.0 Å². The Morgan fingerprint density at radius 3 is 1.83 bits per heavy atom. The zero-order valence-corrected chi connectivity index (χ0v) is 24.1. The summed E-state index contributed by atoms with van der Waals surface area (Å²) >= 11 is 0. The summed E-state index contributed by atoms with van der Waals surface area (Å²) in [6.45, 7) is 0. The summed E-state index contributed by atoms with van der Waals surface area (Å²) in [5.74, 6) is -1.08. The van der Waals surface area contributed by atoms with Gasteiger partial charge in [-0.15, -0.1) is 0 Å². The molecule has 0 aliphatic carbocycles. The molecule has 9 aromatic rings. The quantitative estimate of drug-likeness (QED) is 0.193. The van der Waals surface area contributed by atoms with E-state index in [0.717, 1.165) is 5.56 Å². The van der Waals surface area contributed by atoms with E-state index in [1.165, 1.54) is 0 Å². The molecule has 0 saturated heterocycles. The largest absolute Gasteiger partial charge is 0.456 e. The van der Waals surface area contributed by atoms with Crippen LogP contribution >= 0.6 is 0 Å². The number of nitrogens with zero attached hydrogens (tertiary/aromatic N) is 3. The first-order valence-electron chi connectivity index (χ1n) is 22.4. The van der Waals surface area contributed by atoms with Gasteiger partial charge in [-0.05, 0) is 63.3 Å². The van der Waals surface area contributed by atoms with Gasteiger partial charge in [-0.3, -0.25) is 0 Å². The maximum Gasteiger partial charge on any atom is 0.164 e. The van der Waals surface area contributed by atoms with E-state index >= 15 is 0 Å². The Hall–Kier alpha value is -6.39. The number of benzene rings is 7. The predicted molar refractivity (Wildman–Crippen MR) is 192 cm³/mol. The number of fused-ring (bicyclic) bond motifs is 4. The lowest BCUT2D eigenvalue weighted by Gasteiger charge is -2.12. The van der Waals surface area contributed by atoms with E-state index in [1.54, 1.807) is 24.3 Å². The summed E-state index contributed by atoms with van der Waals surface area (Å²) in [6, 6.07) is 8.49. The van der Waals surface area contributed by atoms with E-state index in [0.29, 0.717) is 33.1 Å². The van der Waals surface area contributed by atoms with E-state index in [2.05, 4.69) is 4.98 Å². The molecule has 0 N–H and O–H groups in total. The molecule has 0 amide bonds. The highest BCUT2D eigenvalue weighted by atomic mass is 16.3. The molecule has 0 bridgehead atoms. The van der Waals surface area contributed by atoms with Crippen LogP contribution in [0.15, 0.2) is 168 Å². The number of furan rings is 1. The van der Waals surface area contributed by atoms with Crippen LogP contribution in [0, 0.1) is 0 Å². The summed E-state index contributed by atoms with van der Waals surface area (Å²) in [7, 11) is 0. The predicted octanol–water partition coefficient (Wildman–Crippen LogP) is 11.3. The van der Waals surface area contributed by atoms with Gasteiger partial charge in [0, 0.05) is 27.5 Å². The van der Waals surface area contributed by atoms with Gasteiger partial charge >= 0.3 is 0 Å². The van der Waals surface area contributed by atoms with Gasteiger partial charge in [0.05, 0.1) is 21.9 Å². The first kappa shape index (κ1) is 15.3. The van der Waals surface area contributed by atoms with Crippen molar-refractivity contribution in [2.45, 2.75) is 0 Å². The average molecular weight is 618 g/mol. The molecule has 2 heterocycles. The van der Waals surface area contributed by atoms with Crippen molar-refractivity contribution in [3.63, 3.8) is 0 Å². The van der Waals surface area contributed by atoms with E-state index < -0.39 is 141 Å². The minimum absolute atomic E-state index is 0.147. The fraction of sp³-hybridized carbons (Fsp3) is 0. The molecule has 4 nitrogen and oxygen atoms in total. The van der Waals surface area contributed by atoms with Crippen molar-refractivity contribution in [2.24, 2.45) is 0 Å². The average Bonchev–Trinajstić information content (AvgIpc) is 3.66. The molecule has 0 aliphatic heterocycles. The van der Waals surface area contributed by atoms with Gasteiger partial charge in [0.15, 0.2) is 17.5 Å². The third-order valence-electron chi connectivity index (χ3n) is 7.53. The summed E-state index contributed by atoms with van der Waals surface area (Å²) in [6.07, 6.45) is 0. The molecule has 0 saturated carbocycles. The fourth-order valence-electron chi connectivity index (χ4n) is 5.40. The maximum absolute atomic E-state index is 9.47. The highest BCUT2D eigenvalue weighted by Gasteiger charge is 2.19. The first-order chi connectivity index (χ1) is 29.9. The van der Waals surface area contributed by atoms with Crippen molar-refractivity contribution in [3.05, 3.63) is 163 Å².